The van der Waals surface area contributed by atoms with Crippen LogP contribution in [0.1, 0.15) is 32.3 Å². The van der Waals surface area contributed by atoms with Crippen LogP contribution in [-0.2, 0) is 11.8 Å². The Kier molecular flexibility index (Phi) is 4.23. The lowest BCUT2D eigenvalue weighted by Crippen LogP contribution is -2.13. The summed E-state index contributed by atoms with van der Waals surface area (Å²) in [6.07, 6.45) is 0.777. The SMILES string of the molecule is CC(C)(C)c1[nH]n2nc(CCS)nc2c1Sc1ccccc1. The van der Waals surface area contributed by atoms with Crippen molar-refractivity contribution >= 4 is 30.0 Å². The van der Waals surface area contributed by atoms with E-state index in [0.29, 0.717) is 0 Å². The predicted molar refractivity (Wildman–Crippen MR) is 94.2 cm³/mol. The maximum atomic E-state index is 4.68. The molecule has 0 amide bonds. The number of aryl methyl sites for hydroxylation is 1. The average Bonchev–Trinajstić information content (AvgIpc) is 2.99. The molecule has 1 N–H and O–H groups in total. The smallest absolute Gasteiger partial charge is 0.189 e. The summed E-state index contributed by atoms with van der Waals surface area (Å²) in [5.41, 5.74) is 2.06. The van der Waals surface area contributed by atoms with Gasteiger partial charge in [0.05, 0.1) is 10.6 Å². The van der Waals surface area contributed by atoms with Crippen LogP contribution in [-0.4, -0.2) is 25.6 Å². The number of benzene rings is 1. The molecule has 0 spiro atoms. The molecule has 0 unspecified atom stereocenters. The molecule has 6 heteroatoms. The van der Waals surface area contributed by atoms with E-state index >= 15 is 0 Å². The summed E-state index contributed by atoms with van der Waals surface area (Å²) >= 11 is 6.00. The van der Waals surface area contributed by atoms with Crippen molar-refractivity contribution in [3.8, 4) is 0 Å². The van der Waals surface area contributed by atoms with Crippen LogP contribution >= 0.6 is 24.4 Å². The number of nitrogens with zero attached hydrogens (tertiary/aromatic N) is 3. The van der Waals surface area contributed by atoms with Gasteiger partial charge in [-0.25, -0.2) is 4.98 Å². The van der Waals surface area contributed by atoms with Crippen molar-refractivity contribution in [2.24, 2.45) is 0 Å². The second-order valence-corrected chi connectivity index (χ2v) is 7.75. The monoisotopic (exact) mass is 332 g/mol. The van der Waals surface area contributed by atoms with Crippen molar-refractivity contribution in [1.29, 1.82) is 0 Å². The van der Waals surface area contributed by atoms with E-state index in [2.05, 4.69) is 72.8 Å². The average molecular weight is 332 g/mol. The minimum atomic E-state index is 0.00318. The minimum Gasteiger partial charge on any atom is -0.279 e. The van der Waals surface area contributed by atoms with Gasteiger partial charge in [0.25, 0.3) is 0 Å². The van der Waals surface area contributed by atoms with Gasteiger partial charge in [0.1, 0.15) is 0 Å². The van der Waals surface area contributed by atoms with Gasteiger partial charge in [-0.15, -0.1) is 5.10 Å². The van der Waals surface area contributed by atoms with Gasteiger partial charge in [-0.1, -0.05) is 50.7 Å². The second kappa shape index (κ2) is 6.01. The fourth-order valence-electron chi connectivity index (χ4n) is 2.27. The molecule has 116 valence electrons. The predicted octanol–water partition coefficient (Wildman–Crippen LogP) is 3.98. The van der Waals surface area contributed by atoms with Gasteiger partial charge < -0.3 is 0 Å². The first-order valence-electron chi connectivity index (χ1n) is 7.31. The summed E-state index contributed by atoms with van der Waals surface area (Å²) in [6, 6.07) is 10.4. The van der Waals surface area contributed by atoms with Gasteiger partial charge in [-0.05, 0) is 17.9 Å². The Balaban J connectivity index is 2.10. The van der Waals surface area contributed by atoms with Crippen molar-refractivity contribution in [2.45, 2.75) is 42.4 Å². The van der Waals surface area contributed by atoms with E-state index in [4.69, 9.17) is 0 Å². The van der Waals surface area contributed by atoms with E-state index in [1.807, 2.05) is 6.07 Å². The molecule has 22 heavy (non-hydrogen) atoms. The Morgan fingerprint density at radius 2 is 1.95 bits per heavy atom. The van der Waals surface area contributed by atoms with Gasteiger partial charge in [0.15, 0.2) is 11.5 Å². The molecule has 1 aromatic carbocycles. The highest BCUT2D eigenvalue weighted by Crippen LogP contribution is 2.38. The first-order valence-corrected chi connectivity index (χ1v) is 8.76. The first-order chi connectivity index (χ1) is 10.5. The molecular weight excluding hydrogens is 312 g/mol. The molecule has 0 saturated heterocycles. The molecule has 2 aromatic heterocycles. The molecule has 0 bridgehead atoms. The van der Waals surface area contributed by atoms with Gasteiger partial charge in [-0.3, -0.25) is 5.10 Å². The summed E-state index contributed by atoms with van der Waals surface area (Å²) < 4.78 is 1.80. The van der Waals surface area contributed by atoms with E-state index in [1.54, 1.807) is 16.4 Å². The van der Waals surface area contributed by atoms with Crippen molar-refractivity contribution < 1.29 is 0 Å². The van der Waals surface area contributed by atoms with Gasteiger partial charge in [-0.2, -0.15) is 17.3 Å². The summed E-state index contributed by atoms with van der Waals surface area (Å²) in [5, 5.41) is 7.93. The van der Waals surface area contributed by atoms with Crippen LogP contribution in [0, 0.1) is 0 Å². The first kappa shape index (κ1) is 15.5. The minimum absolute atomic E-state index is 0.00318. The lowest BCUT2D eigenvalue weighted by atomic mass is 9.92. The van der Waals surface area contributed by atoms with Crippen LogP contribution < -0.4 is 0 Å². The van der Waals surface area contributed by atoms with Crippen LogP contribution in [0.5, 0.6) is 0 Å². The zero-order valence-electron chi connectivity index (χ0n) is 13.0. The summed E-state index contributed by atoms with van der Waals surface area (Å²) in [4.78, 5) is 7.04. The van der Waals surface area contributed by atoms with Gasteiger partial charge >= 0.3 is 0 Å². The highest BCUT2D eigenvalue weighted by molar-refractivity contribution is 7.99. The lowest BCUT2D eigenvalue weighted by Gasteiger charge is -2.18. The maximum Gasteiger partial charge on any atom is 0.189 e. The molecule has 3 rings (SSSR count). The molecule has 0 aliphatic rings. The van der Waals surface area contributed by atoms with Crippen LogP contribution in [0.3, 0.4) is 0 Å². The summed E-state index contributed by atoms with van der Waals surface area (Å²) in [6.45, 7) is 6.59. The Hall–Kier alpha value is -1.40. The van der Waals surface area contributed by atoms with Crippen molar-refractivity contribution in [1.82, 2.24) is 19.8 Å². The van der Waals surface area contributed by atoms with Gasteiger partial charge in [0, 0.05) is 16.7 Å². The van der Waals surface area contributed by atoms with Gasteiger partial charge in [0.2, 0.25) is 0 Å². The molecule has 0 aliphatic heterocycles. The van der Waals surface area contributed by atoms with Crippen LogP contribution in [0.2, 0.25) is 0 Å². The second-order valence-electron chi connectivity index (χ2n) is 6.22. The van der Waals surface area contributed by atoms with Crippen LogP contribution in [0.15, 0.2) is 40.1 Å². The normalized spacial score (nSPS) is 12.2. The molecule has 0 aliphatic carbocycles. The number of nitrogens with one attached hydrogen (secondary N) is 1. The summed E-state index contributed by atoms with van der Waals surface area (Å²) in [5.74, 6) is 1.58. The molecule has 0 atom stereocenters. The lowest BCUT2D eigenvalue weighted by molar-refractivity contribution is 0.546. The highest BCUT2D eigenvalue weighted by atomic mass is 32.2. The van der Waals surface area contributed by atoms with Crippen molar-refractivity contribution in [2.75, 3.05) is 5.75 Å². The molecule has 0 radical (unpaired) electrons. The molecule has 0 fully saturated rings. The molecule has 2 heterocycles. The highest BCUT2D eigenvalue weighted by Gasteiger charge is 2.25. The number of rotatable bonds is 4. The maximum absolute atomic E-state index is 4.68. The Bertz CT molecular complexity index is 769. The third-order valence-electron chi connectivity index (χ3n) is 3.35. The number of fused-ring (bicyclic) bond motifs is 1. The molecular formula is C16H20N4S2. The number of H-pyrrole nitrogens is 1. The van der Waals surface area contributed by atoms with Crippen LogP contribution in [0.4, 0.5) is 0 Å². The van der Waals surface area contributed by atoms with E-state index in [0.717, 1.165) is 34.2 Å². The Labute approximate surface area is 140 Å². The molecule has 0 saturated carbocycles. The number of thiol groups is 1. The van der Waals surface area contributed by atoms with E-state index < -0.39 is 0 Å². The van der Waals surface area contributed by atoms with Crippen LogP contribution in [0.25, 0.3) is 5.65 Å². The number of hydrogen-bond donors (Lipinski definition) is 2. The van der Waals surface area contributed by atoms with E-state index in [9.17, 15) is 0 Å². The number of hydrogen-bond acceptors (Lipinski definition) is 4. The fraction of sp³-hybridized carbons (Fsp3) is 0.375. The standard InChI is InChI=1S/C16H20N4S2/c1-16(2,3)14-13(22-11-7-5-4-6-8-11)15-17-12(9-10-21)18-20(15)19-14/h4-8,19,21H,9-10H2,1-3H3. The zero-order chi connectivity index (χ0) is 15.7. The fourth-order valence-corrected chi connectivity index (χ4v) is 3.67. The summed E-state index contributed by atoms with van der Waals surface area (Å²) in [7, 11) is 0. The quantitative estimate of drug-likeness (QED) is 0.711. The number of aromatic amines is 1. The molecule has 4 nitrogen and oxygen atoms in total. The third-order valence-corrected chi connectivity index (χ3v) is 4.67. The zero-order valence-corrected chi connectivity index (χ0v) is 14.7. The molecule has 3 aromatic rings. The van der Waals surface area contributed by atoms with E-state index in [1.165, 1.54) is 4.90 Å². The Morgan fingerprint density at radius 3 is 2.59 bits per heavy atom. The topological polar surface area (TPSA) is 46.0 Å². The van der Waals surface area contributed by atoms with E-state index in [-0.39, 0.29) is 5.41 Å². The van der Waals surface area contributed by atoms with Crippen molar-refractivity contribution in [3.63, 3.8) is 0 Å². The Morgan fingerprint density at radius 1 is 1.23 bits per heavy atom. The third kappa shape index (κ3) is 3.03. The largest absolute Gasteiger partial charge is 0.279 e. The number of aromatic nitrogens is 4. The van der Waals surface area contributed by atoms with Crippen molar-refractivity contribution in [3.05, 3.63) is 41.9 Å².